The van der Waals surface area contributed by atoms with E-state index in [4.69, 9.17) is 9.47 Å². The Morgan fingerprint density at radius 2 is 1.54 bits per heavy atom. The van der Waals surface area contributed by atoms with Crippen molar-refractivity contribution in [2.75, 3.05) is 32.1 Å². The smallest absolute Gasteiger partial charge is 0.410 e. The second kappa shape index (κ2) is 14.8. The Morgan fingerprint density at radius 1 is 0.870 bits per heavy atom. The first-order valence-electron chi connectivity index (χ1n) is 15.5. The van der Waals surface area contributed by atoms with Crippen LogP contribution in [0, 0.1) is 0 Å². The third-order valence-corrected chi connectivity index (χ3v) is 8.35. The van der Waals surface area contributed by atoms with E-state index in [0.717, 1.165) is 16.3 Å². The zero-order valence-corrected chi connectivity index (χ0v) is 26.0. The van der Waals surface area contributed by atoms with Crippen molar-refractivity contribution >= 4 is 46.2 Å². The van der Waals surface area contributed by atoms with Crippen LogP contribution in [-0.2, 0) is 30.5 Å². The third-order valence-electron chi connectivity index (χ3n) is 8.35. The van der Waals surface area contributed by atoms with E-state index in [0.29, 0.717) is 50.2 Å². The molecule has 2 heterocycles. The second-order valence-electron chi connectivity index (χ2n) is 11.5. The number of nitrogens with zero attached hydrogens (tertiary/aromatic N) is 2. The Balaban J connectivity index is 1.10. The highest BCUT2D eigenvalue weighted by Gasteiger charge is 2.37. The molecule has 3 aromatic rings. The van der Waals surface area contributed by atoms with E-state index in [2.05, 4.69) is 16.0 Å². The van der Waals surface area contributed by atoms with Gasteiger partial charge in [-0.1, -0.05) is 54.6 Å². The zero-order chi connectivity index (χ0) is 32.6. The van der Waals surface area contributed by atoms with Gasteiger partial charge in [-0.2, -0.15) is 0 Å². The number of hydrogen-bond acceptors (Lipinski definition) is 7. The molecule has 0 aliphatic carbocycles. The van der Waals surface area contributed by atoms with Crippen molar-refractivity contribution in [1.82, 2.24) is 20.4 Å². The molecule has 5 rings (SSSR count). The van der Waals surface area contributed by atoms with Gasteiger partial charge >= 0.3 is 6.09 Å². The van der Waals surface area contributed by atoms with Crippen LogP contribution >= 0.6 is 0 Å². The number of hydrogen-bond donors (Lipinski definition) is 3. The molecule has 3 atom stereocenters. The van der Waals surface area contributed by atoms with Crippen LogP contribution < -0.4 is 20.7 Å². The summed E-state index contributed by atoms with van der Waals surface area (Å²) in [7, 11) is 1.57. The number of rotatable bonds is 10. The first-order valence-corrected chi connectivity index (χ1v) is 15.5. The number of ether oxygens (including phenoxy) is 2. The molecule has 46 heavy (non-hydrogen) atoms. The average molecular weight is 630 g/mol. The number of nitrogens with one attached hydrogen (secondary N) is 3. The predicted octanol–water partition coefficient (Wildman–Crippen LogP) is 3.20. The van der Waals surface area contributed by atoms with Crippen molar-refractivity contribution < 1.29 is 33.4 Å². The summed E-state index contributed by atoms with van der Waals surface area (Å²) in [6, 6.07) is 18.1. The van der Waals surface area contributed by atoms with Gasteiger partial charge in [0.2, 0.25) is 23.6 Å². The largest absolute Gasteiger partial charge is 0.496 e. The summed E-state index contributed by atoms with van der Waals surface area (Å²) in [4.78, 5) is 67.7. The fourth-order valence-corrected chi connectivity index (χ4v) is 5.93. The lowest BCUT2D eigenvalue weighted by molar-refractivity contribution is -0.137. The van der Waals surface area contributed by atoms with E-state index in [1.807, 2.05) is 60.7 Å². The summed E-state index contributed by atoms with van der Waals surface area (Å²) in [6.45, 7) is 2.04. The van der Waals surface area contributed by atoms with Gasteiger partial charge in [0.1, 0.15) is 30.5 Å². The Hall–Kier alpha value is -5.13. The predicted molar refractivity (Wildman–Crippen MR) is 171 cm³/mol. The van der Waals surface area contributed by atoms with Crippen LogP contribution in [0.15, 0.2) is 66.7 Å². The van der Waals surface area contributed by atoms with Gasteiger partial charge < -0.3 is 30.3 Å². The van der Waals surface area contributed by atoms with Gasteiger partial charge in [0.15, 0.2) is 0 Å². The van der Waals surface area contributed by atoms with Crippen LogP contribution in [0.2, 0.25) is 0 Å². The van der Waals surface area contributed by atoms with Gasteiger partial charge in [0.05, 0.1) is 13.7 Å². The summed E-state index contributed by atoms with van der Waals surface area (Å²) < 4.78 is 10.9. The summed E-state index contributed by atoms with van der Waals surface area (Å²) in [6.07, 6.45) is 1.63. The van der Waals surface area contributed by atoms with Crippen LogP contribution in [0.5, 0.6) is 5.75 Å². The first kappa shape index (κ1) is 32.3. The minimum absolute atomic E-state index is 0.0923. The number of likely N-dealkylation sites (tertiary alicyclic amines) is 2. The SMILES string of the molecule is COc1cc(NC(=O)[C@@H]2CCCN2C(=O)CNC(=O)[C@H](C)NC(=O)[C@@H]2CCCN2C(=O)OCc2ccccc2)cc2ccccc12. The highest BCUT2D eigenvalue weighted by molar-refractivity contribution is 6.01. The standard InChI is InChI=1S/C34H39N5O7/c1-22(36-32(42)28-15-9-17-39(28)34(44)46-21-23-10-4-3-5-11-23)31(41)35-20-30(40)38-16-8-14-27(38)33(43)37-25-18-24-12-6-7-13-26(24)29(19-25)45-2/h3-7,10-13,18-19,22,27-28H,8-9,14-17,20-21H2,1-2H3,(H,35,41)(H,36,42)(H,37,43)/t22-,27-,28-/m0/s1. The molecule has 0 spiro atoms. The van der Waals surface area contributed by atoms with Crippen LogP contribution in [-0.4, -0.2) is 84.4 Å². The van der Waals surface area contributed by atoms with Gasteiger partial charge in [-0.15, -0.1) is 0 Å². The summed E-state index contributed by atoms with van der Waals surface area (Å²) in [5.41, 5.74) is 1.39. The Kier molecular flexibility index (Phi) is 10.4. The third kappa shape index (κ3) is 7.56. The molecule has 0 radical (unpaired) electrons. The number of carbonyl (C=O) groups is 5. The Bertz CT molecular complexity index is 1600. The second-order valence-corrected chi connectivity index (χ2v) is 11.5. The highest BCUT2D eigenvalue weighted by atomic mass is 16.6. The molecule has 0 saturated carbocycles. The monoisotopic (exact) mass is 629 g/mol. The van der Waals surface area contributed by atoms with Crippen LogP contribution in [0.3, 0.4) is 0 Å². The molecular formula is C34H39N5O7. The van der Waals surface area contributed by atoms with Gasteiger partial charge in [-0.25, -0.2) is 4.79 Å². The van der Waals surface area contributed by atoms with Crippen molar-refractivity contribution in [3.05, 3.63) is 72.3 Å². The molecule has 0 bridgehead atoms. The fourth-order valence-electron chi connectivity index (χ4n) is 5.93. The van der Waals surface area contributed by atoms with Gasteiger partial charge in [0.25, 0.3) is 0 Å². The quantitative estimate of drug-likeness (QED) is 0.312. The average Bonchev–Trinajstić information content (AvgIpc) is 3.77. The van der Waals surface area contributed by atoms with Crippen LogP contribution in [0.1, 0.15) is 38.2 Å². The van der Waals surface area contributed by atoms with Gasteiger partial charge in [-0.3, -0.25) is 24.1 Å². The van der Waals surface area contributed by atoms with E-state index in [-0.39, 0.29) is 19.1 Å². The van der Waals surface area contributed by atoms with Crippen molar-refractivity contribution in [3.63, 3.8) is 0 Å². The normalized spacial score (nSPS) is 18.1. The van der Waals surface area contributed by atoms with Crippen LogP contribution in [0.25, 0.3) is 10.8 Å². The molecule has 5 amide bonds. The number of amides is 5. The molecule has 2 aliphatic heterocycles. The molecular weight excluding hydrogens is 590 g/mol. The molecule has 242 valence electrons. The lowest BCUT2D eigenvalue weighted by Crippen LogP contribution is -2.53. The molecule has 3 aromatic carbocycles. The maximum Gasteiger partial charge on any atom is 0.410 e. The zero-order valence-electron chi connectivity index (χ0n) is 26.0. The van der Waals surface area contributed by atoms with Crippen molar-refractivity contribution in [3.8, 4) is 5.75 Å². The Labute approximate surface area is 267 Å². The van der Waals surface area contributed by atoms with E-state index in [1.165, 1.54) is 16.7 Å². The van der Waals surface area contributed by atoms with E-state index < -0.39 is 41.9 Å². The van der Waals surface area contributed by atoms with E-state index in [1.54, 1.807) is 13.2 Å². The number of benzene rings is 3. The summed E-state index contributed by atoms with van der Waals surface area (Å²) >= 11 is 0. The molecule has 3 N–H and O–H groups in total. The lowest BCUT2D eigenvalue weighted by atomic mass is 10.1. The van der Waals surface area contributed by atoms with Gasteiger partial charge in [0, 0.05) is 30.2 Å². The minimum Gasteiger partial charge on any atom is -0.496 e. The molecule has 2 saturated heterocycles. The van der Waals surface area contributed by atoms with Crippen molar-refractivity contribution in [1.29, 1.82) is 0 Å². The Morgan fingerprint density at radius 3 is 2.28 bits per heavy atom. The van der Waals surface area contributed by atoms with Gasteiger partial charge in [-0.05, 0) is 49.6 Å². The summed E-state index contributed by atoms with van der Waals surface area (Å²) in [5, 5.41) is 9.96. The summed E-state index contributed by atoms with van der Waals surface area (Å²) in [5.74, 6) is -1.12. The molecule has 2 fully saturated rings. The van der Waals surface area contributed by atoms with Crippen molar-refractivity contribution in [2.45, 2.75) is 57.3 Å². The maximum atomic E-state index is 13.2. The number of carbonyl (C=O) groups excluding carboxylic acids is 5. The minimum atomic E-state index is -0.955. The van der Waals surface area contributed by atoms with Crippen molar-refractivity contribution in [2.24, 2.45) is 0 Å². The highest BCUT2D eigenvalue weighted by Crippen LogP contribution is 2.30. The lowest BCUT2D eigenvalue weighted by Gasteiger charge is -2.26. The van der Waals surface area contributed by atoms with E-state index >= 15 is 0 Å². The first-order chi connectivity index (χ1) is 22.2. The molecule has 2 aliphatic rings. The number of fused-ring (bicyclic) bond motifs is 1. The molecule has 0 unspecified atom stereocenters. The van der Waals surface area contributed by atoms with Crippen LogP contribution in [0.4, 0.5) is 10.5 Å². The molecule has 0 aromatic heterocycles. The molecule has 12 heteroatoms. The number of methoxy groups -OCH3 is 1. The maximum absolute atomic E-state index is 13.2. The topological polar surface area (TPSA) is 146 Å². The van der Waals surface area contributed by atoms with E-state index in [9.17, 15) is 24.0 Å². The molecule has 12 nitrogen and oxygen atoms in total. The number of anilines is 1. The fraction of sp³-hybridized carbons (Fsp3) is 0.382.